The van der Waals surface area contributed by atoms with Crippen LogP contribution in [0.5, 0.6) is 0 Å². The van der Waals surface area contributed by atoms with Gasteiger partial charge >= 0.3 is 33.0 Å². The molecule has 1 heterocycles. The molecule has 0 spiro atoms. The topological polar surface area (TPSA) is 63.9 Å². The number of rotatable bonds is 9. The number of unbranched alkanes of at least 4 members (excludes halogenated alkanes) is 1. The number of nitrogens with two attached hydrogens (primary N) is 1. The molecule has 0 saturated heterocycles. The zero-order valence-electron chi connectivity index (χ0n) is 19.1. The molecule has 35 heavy (non-hydrogen) atoms. The van der Waals surface area contributed by atoms with Crippen molar-refractivity contribution in [3.05, 3.63) is 90.5 Å². The van der Waals surface area contributed by atoms with E-state index in [2.05, 4.69) is 9.88 Å². The number of hydrogen-bond donors (Lipinski definition) is 2. The normalized spacial score (nSPS) is 15.1. The second-order valence-electron chi connectivity index (χ2n) is 8.12. The van der Waals surface area contributed by atoms with Crippen molar-refractivity contribution >= 4 is 13.7 Å². The molecule has 0 aliphatic carbocycles. The Bertz CT molecular complexity index is 1060. The van der Waals surface area contributed by atoms with E-state index in [1.54, 1.807) is 0 Å². The number of nitrogens with one attached hydrogen (secondary N) is 1. The van der Waals surface area contributed by atoms with E-state index in [0.717, 1.165) is 30.5 Å². The first-order valence-electron chi connectivity index (χ1n) is 10.8. The number of aryl methyl sites for hydroxylation is 2. The Morgan fingerprint density at radius 3 is 1.94 bits per heavy atom. The molecule has 194 valence electrons. The molecule has 0 radical (unpaired) electrons. The molecule has 5 nitrogen and oxygen atoms in total. The molecular weight excluding hydrogens is 493 g/mol. The maximum atomic E-state index is 12.6. The summed E-state index contributed by atoms with van der Waals surface area (Å²) in [6.07, 6.45) is 8.41. The van der Waals surface area contributed by atoms with E-state index in [1.165, 1.54) is 0 Å². The summed E-state index contributed by atoms with van der Waals surface area (Å²) in [6, 6.07) is 19.3. The standard InChI is InChI=1S/C23H28N4O.F6P/c1-26-16-17-27(18-26)15-9-8-14-21(28)25-23(20-12-6-3-7-13-20)22(24)19-10-4-2-5-11-19;1-7(2,3,4,5)6/h2-7,10-13,16-18,22-23H,8-9,14-15,24H2,1H3;/q;-1/p+1/t22-,23-;/m0./s1. The summed E-state index contributed by atoms with van der Waals surface area (Å²) in [7, 11) is -8.65. The number of halogens is 6. The molecule has 0 bridgehead atoms. The van der Waals surface area contributed by atoms with Gasteiger partial charge in [0.25, 0.3) is 0 Å². The summed E-state index contributed by atoms with van der Waals surface area (Å²) in [6.45, 7) is 0.916. The quantitative estimate of drug-likeness (QED) is 0.147. The van der Waals surface area contributed by atoms with Crippen LogP contribution in [0.25, 0.3) is 0 Å². The molecule has 0 saturated carbocycles. The summed E-state index contributed by atoms with van der Waals surface area (Å²) in [5, 5.41) is 3.16. The summed E-state index contributed by atoms with van der Waals surface area (Å²) in [5.41, 5.74) is 8.56. The number of nitrogens with zero attached hydrogens (tertiary/aromatic N) is 2. The summed E-state index contributed by atoms with van der Waals surface area (Å²) < 4.78 is 63.3. The monoisotopic (exact) mass is 522 g/mol. The first kappa shape index (κ1) is 28.3. The van der Waals surface area contributed by atoms with Gasteiger partial charge in [0.1, 0.15) is 12.4 Å². The average Bonchev–Trinajstić information content (AvgIpc) is 3.18. The number of imidazole rings is 1. The van der Waals surface area contributed by atoms with Crippen LogP contribution in [0.1, 0.15) is 42.5 Å². The van der Waals surface area contributed by atoms with Gasteiger partial charge < -0.3 is 11.1 Å². The molecule has 0 unspecified atom stereocenters. The van der Waals surface area contributed by atoms with Crippen LogP contribution in [0.15, 0.2) is 79.4 Å². The molecule has 2 aromatic carbocycles. The van der Waals surface area contributed by atoms with Gasteiger partial charge in [0.2, 0.25) is 12.2 Å². The minimum atomic E-state index is -10.7. The van der Waals surface area contributed by atoms with E-state index < -0.39 is 7.81 Å². The summed E-state index contributed by atoms with van der Waals surface area (Å²) in [4.78, 5) is 12.6. The molecule has 0 aliphatic rings. The second kappa shape index (κ2) is 10.8. The first-order chi connectivity index (χ1) is 16.1. The predicted octanol–water partition coefficient (Wildman–Crippen LogP) is 6.42. The number of benzene rings is 2. The van der Waals surface area contributed by atoms with Crippen LogP contribution in [0.4, 0.5) is 25.2 Å². The van der Waals surface area contributed by atoms with Crippen molar-refractivity contribution in [3.8, 4) is 0 Å². The van der Waals surface area contributed by atoms with Crippen molar-refractivity contribution in [2.45, 2.75) is 37.9 Å². The molecule has 0 fully saturated rings. The first-order valence-corrected chi connectivity index (χ1v) is 12.8. The molecule has 2 atom stereocenters. The second-order valence-corrected chi connectivity index (χ2v) is 10.0. The van der Waals surface area contributed by atoms with Crippen LogP contribution in [0.3, 0.4) is 0 Å². The van der Waals surface area contributed by atoms with E-state index in [-0.39, 0.29) is 18.0 Å². The van der Waals surface area contributed by atoms with Gasteiger partial charge in [0.15, 0.2) is 0 Å². The predicted molar refractivity (Wildman–Crippen MR) is 124 cm³/mol. The Balaban J connectivity index is 0.000000540. The Labute approximate surface area is 199 Å². The third-order valence-electron chi connectivity index (χ3n) is 4.91. The van der Waals surface area contributed by atoms with Crippen LogP contribution in [-0.2, 0) is 18.4 Å². The SMILES string of the molecule is C[n+]1ccn(CCCCC(=O)N[C@@H](c2ccccc2)[C@@H](N)c2ccccc2)c1.F[P-](F)(F)(F)(F)F. The number of hydrogen-bond acceptors (Lipinski definition) is 2. The Hall–Kier alpha value is -2.91. The summed E-state index contributed by atoms with van der Waals surface area (Å²) >= 11 is 0. The van der Waals surface area contributed by atoms with Gasteiger partial charge in [-0.2, -0.15) is 0 Å². The Morgan fingerprint density at radius 2 is 1.46 bits per heavy atom. The van der Waals surface area contributed by atoms with Gasteiger partial charge in [-0.25, -0.2) is 9.13 Å². The molecule has 0 aliphatic heterocycles. The Kier molecular flexibility index (Phi) is 8.73. The minimum absolute atomic E-state index is 0.0401. The number of amides is 1. The van der Waals surface area contributed by atoms with Crippen LogP contribution in [-0.4, -0.2) is 10.5 Å². The average molecular weight is 522 g/mol. The third-order valence-corrected chi connectivity index (χ3v) is 4.91. The van der Waals surface area contributed by atoms with Crippen LogP contribution in [0.2, 0.25) is 0 Å². The molecule has 3 rings (SSSR count). The van der Waals surface area contributed by atoms with E-state index in [9.17, 15) is 30.0 Å². The fourth-order valence-electron chi connectivity index (χ4n) is 3.37. The number of carbonyl (C=O) groups excluding carboxylic acids is 1. The molecule has 3 N–H and O–H groups in total. The van der Waals surface area contributed by atoms with Crippen LogP contribution in [0, 0.1) is 0 Å². The number of aromatic nitrogens is 2. The van der Waals surface area contributed by atoms with Crippen molar-refractivity contribution in [1.82, 2.24) is 9.88 Å². The van der Waals surface area contributed by atoms with Crippen molar-refractivity contribution < 1.29 is 34.5 Å². The van der Waals surface area contributed by atoms with Crippen LogP contribution >= 0.6 is 7.81 Å². The van der Waals surface area contributed by atoms with E-state index >= 15 is 0 Å². The van der Waals surface area contributed by atoms with Crippen molar-refractivity contribution in [2.75, 3.05) is 0 Å². The van der Waals surface area contributed by atoms with Crippen molar-refractivity contribution in [2.24, 2.45) is 12.8 Å². The number of carbonyl (C=O) groups is 1. The van der Waals surface area contributed by atoms with E-state index in [1.807, 2.05) is 91.0 Å². The van der Waals surface area contributed by atoms with Gasteiger partial charge in [-0.1, -0.05) is 60.7 Å². The molecule has 12 heteroatoms. The van der Waals surface area contributed by atoms with Gasteiger partial charge in [0, 0.05) is 6.42 Å². The zero-order valence-corrected chi connectivity index (χ0v) is 20.0. The van der Waals surface area contributed by atoms with Crippen LogP contribution < -0.4 is 15.6 Å². The van der Waals surface area contributed by atoms with Crippen molar-refractivity contribution in [1.29, 1.82) is 0 Å². The summed E-state index contributed by atoms with van der Waals surface area (Å²) in [5.74, 6) is 0.0401. The van der Waals surface area contributed by atoms with Gasteiger partial charge in [-0.05, 0) is 24.0 Å². The van der Waals surface area contributed by atoms with Crippen molar-refractivity contribution in [3.63, 3.8) is 0 Å². The third kappa shape index (κ3) is 12.9. The van der Waals surface area contributed by atoms with Gasteiger partial charge in [-0.15, -0.1) is 0 Å². The van der Waals surface area contributed by atoms with Gasteiger partial charge in [-0.3, -0.25) is 4.79 Å². The maximum absolute atomic E-state index is 12.6. The molecule has 1 aromatic heterocycles. The molecule has 1 amide bonds. The fourth-order valence-corrected chi connectivity index (χ4v) is 3.37. The van der Waals surface area contributed by atoms with Gasteiger partial charge in [0.05, 0.1) is 25.7 Å². The molecular formula is C23H29F6N4OP. The van der Waals surface area contributed by atoms with E-state index in [4.69, 9.17) is 5.73 Å². The molecule has 3 aromatic rings. The fraction of sp³-hybridized carbons (Fsp3) is 0.304. The Morgan fingerprint density at radius 1 is 0.943 bits per heavy atom. The zero-order chi connectivity index (χ0) is 26.2. The van der Waals surface area contributed by atoms with E-state index in [0.29, 0.717) is 6.42 Å².